The molecule has 0 saturated heterocycles. The fourth-order valence-corrected chi connectivity index (χ4v) is 2.51. The first kappa shape index (κ1) is 11.0. The van der Waals surface area contributed by atoms with Crippen molar-refractivity contribution in [2.45, 2.75) is 25.7 Å². The van der Waals surface area contributed by atoms with E-state index in [1.54, 1.807) is 12.1 Å². The highest BCUT2D eigenvalue weighted by atomic mass is 16.5. The number of hydrogen-bond acceptors (Lipinski definition) is 3. The second-order valence-corrected chi connectivity index (χ2v) is 4.34. The van der Waals surface area contributed by atoms with Crippen molar-refractivity contribution in [2.24, 2.45) is 5.92 Å². The lowest BCUT2D eigenvalue weighted by atomic mass is 9.89. The van der Waals surface area contributed by atoms with Crippen molar-refractivity contribution in [1.82, 2.24) is 0 Å². The van der Waals surface area contributed by atoms with Crippen LogP contribution in [0.15, 0.2) is 18.2 Å². The van der Waals surface area contributed by atoms with Gasteiger partial charge in [0, 0.05) is 0 Å². The molecule has 0 saturated carbocycles. The molecule has 0 bridgehead atoms. The van der Waals surface area contributed by atoms with Crippen LogP contribution in [0.5, 0.6) is 5.75 Å². The van der Waals surface area contributed by atoms with E-state index in [0.29, 0.717) is 5.75 Å². The van der Waals surface area contributed by atoms with Crippen molar-refractivity contribution in [3.8, 4) is 5.75 Å². The first-order chi connectivity index (χ1) is 7.63. The Labute approximate surface area is 95.0 Å². The predicted octanol–water partition coefficient (Wildman–Crippen LogP) is 2.23. The molecule has 3 nitrogen and oxygen atoms in total. The van der Waals surface area contributed by atoms with Crippen LogP contribution in [0.1, 0.15) is 30.4 Å². The Morgan fingerprint density at radius 2 is 2.31 bits per heavy atom. The van der Waals surface area contributed by atoms with E-state index in [0.717, 1.165) is 18.4 Å². The second kappa shape index (κ2) is 4.16. The number of ether oxygens (including phenoxy) is 1. The number of phenols is 1. The molecule has 1 aromatic carbocycles. The third-order valence-electron chi connectivity index (χ3n) is 3.43. The summed E-state index contributed by atoms with van der Waals surface area (Å²) in [4.78, 5) is 11.5. The standard InChI is InChI=1S/C13H16O3/c1-8(13(15)16-2)11-5-3-9-7-10(14)4-6-12(9)11/h4,6-8,11,14H,3,5H2,1-2H3/t8-,11-/m1/s1. The normalized spacial score (nSPS) is 20.2. The van der Waals surface area contributed by atoms with Crippen molar-refractivity contribution in [2.75, 3.05) is 7.11 Å². The summed E-state index contributed by atoms with van der Waals surface area (Å²) in [6.07, 6.45) is 1.88. The molecule has 0 spiro atoms. The fraction of sp³-hybridized carbons (Fsp3) is 0.462. The maximum atomic E-state index is 11.5. The van der Waals surface area contributed by atoms with Gasteiger partial charge in [0.25, 0.3) is 0 Å². The number of esters is 1. The maximum absolute atomic E-state index is 11.5. The zero-order valence-electron chi connectivity index (χ0n) is 9.56. The number of benzene rings is 1. The van der Waals surface area contributed by atoms with E-state index in [1.165, 1.54) is 12.7 Å². The monoisotopic (exact) mass is 220 g/mol. The van der Waals surface area contributed by atoms with Crippen molar-refractivity contribution < 1.29 is 14.6 Å². The first-order valence-electron chi connectivity index (χ1n) is 5.53. The first-order valence-corrected chi connectivity index (χ1v) is 5.53. The van der Waals surface area contributed by atoms with Crippen molar-refractivity contribution in [3.05, 3.63) is 29.3 Å². The Balaban J connectivity index is 2.26. The highest BCUT2D eigenvalue weighted by Crippen LogP contribution is 2.39. The van der Waals surface area contributed by atoms with Crippen LogP contribution in [-0.4, -0.2) is 18.2 Å². The van der Waals surface area contributed by atoms with Crippen LogP contribution < -0.4 is 0 Å². The summed E-state index contributed by atoms with van der Waals surface area (Å²) in [5.74, 6) is 0.245. The van der Waals surface area contributed by atoms with Gasteiger partial charge in [0.1, 0.15) is 5.75 Å². The third-order valence-corrected chi connectivity index (χ3v) is 3.43. The Hall–Kier alpha value is -1.51. The van der Waals surface area contributed by atoms with Gasteiger partial charge < -0.3 is 9.84 Å². The molecule has 1 aliphatic carbocycles. The number of hydrogen-bond donors (Lipinski definition) is 1. The number of aromatic hydroxyl groups is 1. The van der Waals surface area contributed by atoms with Crippen LogP contribution in [0.3, 0.4) is 0 Å². The molecule has 16 heavy (non-hydrogen) atoms. The summed E-state index contributed by atoms with van der Waals surface area (Å²) >= 11 is 0. The lowest BCUT2D eigenvalue weighted by Gasteiger charge is -2.17. The molecule has 3 heteroatoms. The Kier molecular flexibility index (Phi) is 2.86. The van der Waals surface area contributed by atoms with Crippen LogP contribution in [0, 0.1) is 5.92 Å². The minimum atomic E-state index is -0.161. The third kappa shape index (κ3) is 1.77. The highest BCUT2D eigenvalue weighted by molar-refractivity contribution is 5.73. The van der Waals surface area contributed by atoms with Gasteiger partial charge in [-0.2, -0.15) is 0 Å². The number of methoxy groups -OCH3 is 1. The van der Waals surface area contributed by atoms with E-state index >= 15 is 0 Å². The summed E-state index contributed by atoms with van der Waals surface area (Å²) in [5, 5.41) is 9.38. The minimum absolute atomic E-state index is 0.115. The molecule has 0 aromatic heterocycles. The molecule has 0 aliphatic heterocycles. The maximum Gasteiger partial charge on any atom is 0.308 e. The zero-order valence-corrected chi connectivity index (χ0v) is 9.56. The molecule has 2 atom stereocenters. The van der Waals surface area contributed by atoms with Crippen molar-refractivity contribution in [1.29, 1.82) is 0 Å². The SMILES string of the molecule is COC(=O)[C@H](C)[C@H]1CCc2cc(O)ccc21. The van der Waals surface area contributed by atoms with Gasteiger partial charge in [-0.3, -0.25) is 4.79 Å². The Morgan fingerprint density at radius 3 is 3.00 bits per heavy atom. The van der Waals surface area contributed by atoms with Gasteiger partial charge in [0.05, 0.1) is 13.0 Å². The molecule has 1 aliphatic rings. The average Bonchev–Trinajstić information content (AvgIpc) is 2.69. The fourth-order valence-electron chi connectivity index (χ4n) is 2.51. The molecule has 0 unspecified atom stereocenters. The molecule has 0 radical (unpaired) electrons. The molecular weight excluding hydrogens is 204 g/mol. The number of fused-ring (bicyclic) bond motifs is 1. The molecule has 2 rings (SSSR count). The second-order valence-electron chi connectivity index (χ2n) is 4.34. The van der Waals surface area contributed by atoms with Crippen LogP contribution in [0.4, 0.5) is 0 Å². The van der Waals surface area contributed by atoms with Gasteiger partial charge in [-0.25, -0.2) is 0 Å². The Bertz CT molecular complexity index is 412. The van der Waals surface area contributed by atoms with Gasteiger partial charge in [-0.05, 0) is 42.0 Å². The lowest BCUT2D eigenvalue weighted by molar-refractivity contribution is -0.145. The Morgan fingerprint density at radius 1 is 1.56 bits per heavy atom. The lowest BCUT2D eigenvalue weighted by Crippen LogP contribution is -2.19. The minimum Gasteiger partial charge on any atom is -0.508 e. The van der Waals surface area contributed by atoms with E-state index in [4.69, 9.17) is 4.74 Å². The van der Waals surface area contributed by atoms with Crippen LogP contribution in [-0.2, 0) is 16.0 Å². The van der Waals surface area contributed by atoms with Crippen molar-refractivity contribution >= 4 is 5.97 Å². The summed E-state index contributed by atoms with van der Waals surface area (Å²) in [7, 11) is 1.42. The van der Waals surface area contributed by atoms with E-state index in [-0.39, 0.29) is 17.8 Å². The summed E-state index contributed by atoms with van der Waals surface area (Å²) in [6, 6.07) is 5.39. The number of carbonyl (C=O) groups excluding carboxylic acids is 1. The topological polar surface area (TPSA) is 46.5 Å². The molecule has 1 N–H and O–H groups in total. The molecular formula is C13H16O3. The highest BCUT2D eigenvalue weighted by Gasteiger charge is 2.31. The van der Waals surface area contributed by atoms with E-state index < -0.39 is 0 Å². The molecule has 0 heterocycles. The quantitative estimate of drug-likeness (QED) is 0.777. The van der Waals surface area contributed by atoms with Crippen LogP contribution in [0.25, 0.3) is 0 Å². The number of aryl methyl sites for hydroxylation is 1. The van der Waals surface area contributed by atoms with Gasteiger partial charge in [0.2, 0.25) is 0 Å². The van der Waals surface area contributed by atoms with Crippen LogP contribution >= 0.6 is 0 Å². The zero-order chi connectivity index (χ0) is 11.7. The molecule has 86 valence electrons. The van der Waals surface area contributed by atoms with E-state index in [9.17, 15) is 9.90 Å². The summed E-state index contributed by atoms with van der Waals surface area (Å²) in [6.45, 7) is 1.90. The van der Waals surface area contributed by atoms with Gasteiger partial charge in [-0.1, -0.05) is 13.0 Å². The van der Waals surface area contributed by atoms with E-state index in [2.05, 4.69) is 0 Å². The van der Waals surface area contributed by atoms with Gasteiger partial charge in [-0.15, -0.1) is 0 Å². The van der Waals surface area contributed by atoms with Gasteiger partial charge in [0.15, 0.2) is 0 Å². The molecule has 0 fully saturated rings. The number of phenolic OH excluding ortho intramolecular Hbond substituents is 1. The summed E-state index contributed by atoms with van der Waals surface area (Å²) in [5.41, 5.74) is 2.33. The smallest absolute Gasteiger partial charge is 0.308 e. The van der Waals surface area contributed by atoms with Crippen LogP contribution in [0.2, 0.25) is 0 Å². The van der Waals surface area contributed by atoms with E-state index in [1.807, 2.05) is 13.0 Å². The largest absolute Gasteiger partial charge is 0.508 e. The summed E-state index contributed by atoms with van der Waals surface area (Å²) < 4.78 is 4.77. The molecule has 0 amide bonds. The average molecular weight is 220 g/mol. The number of rotatable bonds is 2. The van der Waals surface area contributed by atoms with Crippen molar-refractivity contribution in [3.63, 3.8) is 0 Å². The molecule has 1 aromatic rings. The van der Waals surface area contributed by atoms with Gasteiger partial charge >= 0.3 is 5.97 Å². The predicted molar refractivity (Wildman–Crippen MR) is 60.3 cm³/mol. The number of carbonyl (C=O) groups is 1.